The molecule has 2 aliphatic heterocycles. The number of piperazine rings is 1. The van der Waals surface area contributed by atoms with Crippen LogP contribution in [-0.4, -0.2) is 72.4 Å². The molecule has 1 aromatic carbocycles. The molecule has 2 aromatic rings. The molecule has 2 aliphatic rings. The number of pyridine rings is 1. The SMILES string of the molecule is CC(=O)N1CCCCCCCN(CC(=O)N2CCN(c3ccccn3)CC2)Cc2ccccc21. The lowest BCUT2D eigenvalue weighted by molar-refractivity contribution is -0.133. The van der Waals surface area contributed by atoms with E-state index in [-0.39, 0.29) is 11.8 Å². The van der Waals surface area contributed by atoms with Crippen LogP contribution < -0.4 is 9.80 Å². The van der Waals surface area contributed by atoms with Crippen molar-refractivity contribution in [2.45, 2.75) is 45.6 Å². The van der Waals surface area contributed by atoms with E-state index in [1.165, 1.54) is 6.42 Å². The number of aromatic nitrogens is 1. The van der Waals surface area contributed by atoms with Gasteiger partial charge in [0.2, 0.25) is 11.8 Å². The van der Waals surface area contributed by atoms with E-state index in [2.05, 4.69) is 20.9 Å². The number of hydrogen-bond acceptors (Lipinski definition) is 5. The average molecular weight is 464 g/mol. The van der Waals surface area contributed by atoms with Gasteiger partial charge in [-0.1, -0.05) is 43.5 Å². The molecule has 0 saturated carbocycles. The fourth-order valence-electron chi connectivity index (χ4n) is 4.96. The summed E-state index contributed by atoms with van der Waals surface area (Å²) in [5.41, 5.74) is 2.10. The van der Waals surface area contributed by atoms with E-state index < -0.39 is 0 Å². The van der Waals surface area contributed by atoms with Gasteiger partial charge in [0, 0.05) is 58.1 Å². The molecule has 2 amide bonds. The Hall–Kier alpha value is -2.93. The van der Waals surface area contributed by atoms with Crippen LogP contribution >= 0.6 is 0 Å². The molecule has 1 saturated heterocycles. The van der Waals surface area contributed by atoms with Crippen molar-refractivity contribution in [2.24, 2.45) is 0 Å². The summed E-state index contributed by atoms with van der Waals surface area (Å²) in [6, 6.07) is 14.1. The monoisotopic (exact) mass is 463 g/mol. The molecule has 0 atom stereocenters. The van der Waals surface area contributed by atoms with Gasteiger partial charge in [0.25, 0.3) is 0 Å². The smallest absolute Gasteiger partial charge is 0.236 e. The highest BCUT2D eigenvalue weighted by atomic mass is 16.2. The maximum Gasteiger partial charge on any atom is 0.236 e. The Labute approximate surface area is 203 Å². The zero-order valence-electron chi connectivity index (χ0n) is 20.4. The molecule has 0 bridgehead atoms. The molecule has 7 heteroatoms. The van der Waals surface area contributed by atoms with E-state index in [0.29, 0.717) is 13.1 Å². The molecule has 7 nitrogen and oxygen atoms in total. The number of carbonyl (C=O) groups is 2. The minimum Gasteiger partial charge on any atom is -0.353 e. The number of nitrogens with zero attached hydrogens (tertiary/aromatic N) is 5. The number of hydrogen-bond donors (Lipinski definition) is 0. The highest BCUT2D eigenvalue weighted by molar-refractivity contribution is 5.92. The molecule has 0 aliphatic carbocycles. The second kappa shape index (κ2) is 12.0. The lowest BCUT2D eigenvalue weighted by Gasteiger charge is -2.36. The predicted octanol–water partition coefficient (Wildman–Crippen LogP) is 3.55. The van der Waals surface area contributed by atoms with Gasteiger partial charge >= 0.3 is 0 Å². The van der Waals surface area contributed by atoms with Crippen molar-refractivity contribution in [1.29, 1.82) is 0 Å². The molecule has 0 N–H and O–H groups in total. The summed E-state index contributed by atoms with van der Waals surface area (Å²) in [6.07, 6.45) is 7.40. The third kappa shape index (κ3) is 6.35. The summed E-state index contributed by atoms with van der Waals surface area (Å²) in [5.74, 6) is 1.25. The Bertz CT molecular complexity index is 943. The third-order valence-corrected chi connectivity index (χ3v) is 6.88. The van der Waals surface area contributed by atoms with Gasteiger partial charge in [0.15, 0.2) is 0 Å². The lowest BCUT2D eigenvalue weighted by Crippen LogP contribution is -2.51. The van der Waals surface area contributed by atoms with Crippen molar-refractivity contribution < 1.29 is 9.59 Å². The molecule has 1 aromatic heterocycles. The Kier molecular flexibility index (Phi) is 8.52. The van der Waals surface area contributed by atoms with Crippen molar-refractivity contribution in [2.75, 3.05) is 55.6 Å². The molecule has 34 heavy (non-hydrogen) atoms. The molecule has 0 spiro atoms. The molecule has 3 heterocycles. The normalized spacial score (nSPS) is 18.6. The number of para-hydroxylation sites is 1. The molecular weight excluding hydrogens is 426 g/mol. The van der Waals surface area contributed by atoms with Crippen molar-refractivity contribution >= 4 is 23.3 Å². The molecule has 182 valence electrons. The first-order valence-electron chi connectivity index (χ1n) is 12.6. The van der Waals surface area contributed by atoms with Crippen LogP contribution in [0.25, 0.3) is 0 Å². The van der Waals surface area contributed by atoms with E-state index in [9.17, 15) is 9.59 Å². The predicted molar refractivity (Wildman–Crippen MR) is 136 cm³/mol. The Morgan fingerprint density at radius 1 is 0.824 bits per heavy atom. The topological polar surface area (TPSA) is 60.0 Å². The average Bonchev–Trinajstić information content (AvgIpc) is 2.85. The molecule has 0 unspecified atom stereocenters. The number of fused-ring (bicyclic) bond motifs is 1. The summed E-state index contributed by atoms with van der Waals surface area (Å²) >= 11 is 0. The van der Waals surface area contributed by atoms with Gasteiger partial charge in [-0.2, -0.15) is 0 Å². The summed E-state index contributed by atoms with van der Waals surface area (Å²) in [5, 5.41) is 0. The highest BCUT2D eigenvalue weighted by Gasteiger charge is 2.24. The first-order valence-corrected chi connectivity index (χ1v) is 12.6. The van der Waals surface area contributed by atoms with Gasteiger partial charge < -0.3 is 14.7 Å². The van der Waals surface area contributed by atoms with Crippen molar-refractivity contribution in [3.05, 3.63) is 54.2 Å². The largest absolute Gasteiger partial charge is 0.353 e. The van der Waals surface area contributed by atoms with E-state index in [0.717, 1.165) is 82.0 Å². The van der Waals surface area contributed by atoms with E-state index in [4.69, 9.17) is 0 Å². The van der Waals surface area contributed by atoms with Crippen LogP contribution in [0.5, 0.6) is 0 Å². The number of benzene rings is 1. The number of carbonyl (C=O) groups excluding carboxylic acids is 2. The second-order valence-electron chi connectivity index (χ2n) is 9.33. The maximum atomic E-state index is 13.3. The molecule has 1 fully saturated rings. The molecule has 0 radical (unpaired) electrons. The summed E-state index contributed by atoms with van der Waals surface area (Å²) < 4.78 is 0. The van der Waals surface area contributed by atoms with Gasteiger partial charge in [0.05, 0.1) is 6.54 Å². The summed E-state index contributed by atoms with van der Waals surface area (Å²) in [6.45, 7) is 7.44. The van der Waals surface area contributed by atoms with Crippen molar-refractivity contribution in [3.8, 4) is 0 Å². The number of anilines is 2. The standard InChI is InChI=1S/C27H37N5O2/c1-23(33)32-16-10-4-2-3-9-15-29(21-24-11-5-6-12-25(24)32)22-27(34)31-19-17-30(18-20-31)26-13-7-8-14-28-26/h5-8,11-14H,2-4,9-10,15-22H2,1H3. The first kappa shape index (κ1) is 24.2. The quantitative estimate of drug-likeness (QED) is 0.697. The van der Waals surface area contributed by atoms with Crippen LogP contribution in [0, 0.1) is 0 Å². The lowest BCUT2D eigenvalue weighted by atomic mass is 10.1. The second-order valence-corrected chi connectivity index (χ2v) is 9.33. The van der Waals surface area contributed by atoms with Gasteiger partial charge in [-0.25, -0.2) is 4.98 Å². The van der Waals surface area contributed by atoms with Crippen LogP contribution in [0.2, 0.25) is 0 Å². The minimum atomic E-state index is 0.0814. The molecule has 4 rings (SSSR count). The summed E-state index contributed by atoms with van der Waals surface area (Å²) in [4.78, 5) is 38.5. The Morgan fingerprint density at radius 3 is 2.26 bits per heavy atom. The van der Waals surface area contributed by atoms with Crippen LogP contribution in [0.15, 0.2) is 48.7 Å². The number of rotatable bonds is 3. The van der Waals surface area contributed by atoms with Crippen LogP contribution in [-0.2, 0) is 16.1 Å². The first-order chi connectivity index (χ1) is 16.6. The van der Waals surface area contributed by atoms with E-state index in [1.54, 1.807) is 6.92 Å². The molecular formula is C27H37N5O2. The Morgan fingerprint density at radius 2 is 1.53 bits per heavy atom. The zero-order chi connectivity index (χ0) is 23.8. The number of amides is 2. The van der Waals surface area contributed by atoms with Crippen molar-refractivity contribution in [1.82, 2.24) is 14.8 Å². The van der Waals surface area contributed by atoms with E-state index >= 15 is 0 Å². The Balaban J connectivity index is 1.42. The van der Waals surface area contributed by atoms with Gasteiger partial charge in [-0.05, 0) is 43.1 Å². The van der Waals surface area contributed by atoms with Crippen LogP contribution in [0.4, 0.5) is 11.5 Å². The zero-order valence-corrected chi connectivity index (χ0v) is 20.4. The van der Waals surface area contributed by atoms with Gasteiger partial charge in [-0.15, -0.1) is 0 Å². The third-order valence-electron chi connectivity index (χ3n) is 6.88. The fourth-order valence-corrected chi connectivity index (χ4v) is 4.96. The van der Waals surface area contributed by atoms with Gasteiger partial charge in [-0.3, -0.25) is 14.5 Å². The summed E-state index contributed by atoms with van der Waals surface area (Å²) in [7, 11) is 0. The van der Waals surface area contributed by atoms with E-state index in [1.807, 2.05) is 52.4 Å². The minimum absolute atomic E-state index is 0.0814. The van der Waals surface area contributed by atoms with Gasteiger partial charge in [0.1, 0.15) is 5.82 Å². The maximum absolute atomic E-state index is 13.3. The fraction of sp³-hybridized carbons (Fsp3) is 0.519. The van der Waals surface area contributed by atoms with Crippen molar-refractivity contribution in [3.63, 3.8) is 0 Å². The highest BCUT2D eigenvalue weighted by Crippen LogP contribution is 2.24. The van der Waals surface area contributed by atoms with Crippen LogP contribution in [0.3, 0.4) is 0 Å². The van der Waals surface area contributed by atoms with Crippen LogP contribution in [0.1, 0.15) is 44.6 Å².